The topological polar surface area (TPSA) is 161 Å². The molecule has 0 amide bonds. The van der Waals surface area contributed by atoms with E-state index in [0.717, 1.165) is 38.5 Å². The fourth-order valence-electron chi connectivity index (χ4n) is 7.10. The van der Waals surface area contributed by atoms with Gasteiger partial charge in [0.2, 0.25) is 0 Å². The number of ether oxygens (including phenoxy) is 6. The number of carbonyl (C=O) groups excluding carboxylic acids is 4. The quantitative estimate of drug-likeness (QED) is 0.0289. The van der Waals surface area contributed by atoms with Crippen molar-refractivity contribution in [2.45, 2.75) is 206 Å². The lowest BCUT2D eigenvalue weighted by Crippen LogP contribution is -2.39. The van der Waals surface area contributed by atoms with E-state index < -0.39 is 42.4 Å². The molecule has 0 bridgehead atoms. The fraction of sp³-hybridized carbons (Fsp3) is 0.771. The van der Waals surface area contributed by atoms with Crippen molar-refractivity contribution in [2.75, 3.05) is 33.0 Å². The van der Waals surface area contributed by atoms with Crippen molar-refractivity contribution in [3.8, 4) is 0 Å². The van der Waals surface area contributed by atoms with Crippen molar-refractivity contribution in [3.05, 3.63) is 35.4 Å². The third-order valence-electron chi connectivity index (χ3n) is 10.8. The number of rotatable bonds is 39. The minimum atomic E-state index is -1.29. The highest BCUT2D eigenvalue weighted by Crippen LogP contribution is 2.33. The molecule has 60 heavy (non-hydrogen) atoms. The molecule has 1 N–H and O–H groups in total. The number of benzene rings is 1. The molecule has 0 aromatic heterocycles. The summed E-state index contributed by atoms with van der Waals surface area (Å²) in [6, 6.07) is 6.42. The number of ketones is 1. The first-order valence-electron chi connectivity index (χ1n) is 23.5. The van der Waals surface area contributed by atoms with Crippen LogP contribution in [0.1, 0.15) is 209 Å². The maximum Gasteiger partial charge on any atom is 0.338 e. The molecule has 12 nitrogen and oxygen atoms in total. The second-order valence-electron chi connectivity index (χ2n) is 16.1. The highest BCUT2D eigenvalue weighted by atomic mass is 16.8. The molecule has 2 unspecified atom stereocenters. The fourth-order valence-corrected chi connectivity index (χ4v) is 7.10. The summed E-state index contributed by atoms with van der Waals surface area (Å²) in [5.41, 5.74) is 0.872. The predicted molar refractivity (Wildman–Crippen MR) is 231 cm³/mol. The van der Waals surface area contributed by atoms with Crippen molar-refractivity contribution in [3.63, 3.8) is 0 Å². The summed E-state index contributed by atoms with van der Waals surface area (Å²) in [5.74, 6) is -3.13. The van der Waals surface area contributed by atoms with Crippen LogP contribution in [0.25, 0.3) is 0 Å². The van der Waals surface area contributed by atoms with E-state index in [0.29, 0.717) is 11.1 Å². The number of hydrogen-bond donors (Lipinski definition) is 1. The van der Waals surface area contributed by atoms with Gasteiger partial charge in [0, 0.05) is 24.0 Å². The largest absolute Gasteiger partial charge is 0.481 e. The van der Waals surface area contributed by atoms with Gasteiger partial charge < -0.3 is 33.5 Å². The van der Waals surface area contributed by atoms with E-state index in [1.807, 2.05) is 0 Å². The second-order valence-corrected chi connectivity index (χ2v) is 16.1. The Morgan fingerprint density at radius 3 is 1.33 bits per heavy atom. The zero-order chi connectivity index (χ0) is 43.5. The molecule has 1 aliphatic rings. The zero-order valence-corrected chi connectivity index (χ0v) is 37.1. The molecule has 1 aliphatic heterocycles. The highest BCUT2D eigenvalue weighted by Gasteiger charge is 2.47. The van der Waals surface area contributed by atoms with Crippen LogP contribution >= 0.6 is 0 Å². The number of hydrogen-bond acceptors (Lipinski definition) is 11. The maximum absolute atomic E-state index is 13.3. The van der Waals surface area contributed by atoms with Gasteiger partial charge in [-0.1, -0.05) is 179 Å². The summed E-state index contributed by atoms with van der Waals surface area (Å²) in [6.45, 7) is 4.65. The van der Waals surface area contributed by atoms with Crippen molar-refractivity contribution >= 4 is 29.7 Å². The Morgan fingerprint density at radius 2 is 0.917 bits per heavy atom. The average molecular weight is 847 g/mol. The van der Waals surface area contributed by atoms with E-state index in [9.17, 15) is 24.0 Å². The van der Waals surface area contributed by atoms with Gasteiger partial charge in [0.1, 0.15) is 13.2 Å². The Hall–Kier alpha value is -3.35. The Balaban J connectivity index is 1.80. The van der Waals surface area contributed by atoms with Gasteiger partial charge in [-0.25, -0.2) is 9.59 Å². The van der Waals surface area contributed by atoms with Crippen LogP contribution in [0.15, 0.2) is 24.3 Å². The van der Waals surface area contributed by atoms with Gasteiger partial charge in [-0.05, 0) is 19.3 Å². The number of carboxylic acids is 1. The number of unbranched alkanes of at least 4 members (excludes halogenated alkanes) is 22. The minimum absolute atomic E-state index is 0.00514. The van der Waals surface area contributed by atoms with Crippen molar-refractivity contribution in [1.82, 2.24) is 0 Å². The smallest absolute Gasteiger partial charge is 0.338 e. The SMILES string of the molecule is CCCCCCCCCCCCCCOC(=O)C1OC(c2ccc(C(=O)COCCOC(=O)CCCC(=O)O)cc2)OC1C(=O)OCCCCCCCCCCCCCC. The molecule has 2 rings (SSSR count). The number of carboxylic acid groups (broad SMARTS) is 1. The van der Waals surface area contributed by atoms with Crippen molar-refractivity contribution in [2.24, 2.45) is 0 Å². The minimum Gasteiger partial charge on any atom is -0.481 e. The molecular weight excluding hydrogens is 769 g/mol. The molecular formula is C48H78O12. The van der Waals surface area contributed by atoms with Crippen LogP contribution in [0.3, 0.4) is 0 Å². The Morgan fingerprint density at radius 1 is 0.500 bits per heavy atom. The molecule has 0 saturated carbocycles. The molecule has 0 aliphatic carbocycles. The zero-order valence-electron chi connectivity index (χ0n) is 37.1. The van der Waals surface area contributed by atoms with Crippen molar-refractivity contribution in [1.29, 1.82) is 0 Å². The third-order valence-corrected chi connectivity index (χ3v) is 10.8. The molecule has 342 valence electrons. The van der Waals surface area contributed by atoms with Gasteiger partial charge in [-0.3, -0.25) is 14.4 Å². The molecule has 1 fully saturated rings. The lowest BCUT2D eigenvalue weighted by molar-refractivity contribution is -0.163. The predicted octanol–water partition coefficient (Wildman–Crippen LogP) is 11.0. The molecule has 0 radical (unpaired) electrons. The van der Waals surface area contributed by atoms with Gasteiger partial charge >= 0.3 is 23.9 Å². The first-order chi connectivity index (χ1) is 29.3. The molecule has 1 aromatic carbocycles. The molecule has 1 aromatic rings. The Kier molecular flexibility index (Phi) is 31.0. The van der Waals surface area contributed by atoms with Gasteiger partial charge in [0.05, 0.1) is 19.8 Å². The number of aliphatic carboxylic acids is 1. The monoisotopic (exact) mass is 847 g/mol. The van der Waals surface area contributed by atoms with Crippen LogP contribution in [0, 0.1) is 0 Å². The summed E-state index contributed by atoms with van der Waals surface area (Å²) in [7, 11) is 0. The van der Waals surface area contributed by atoms with E-state index >= 15 is 0 Å². The van der Waals surface area contributed by atoms with E-state index in [2.05, 4.69) is 13.8 Å². The molecule has 12 heteroatoms. The van der Waals surface area contributed by atoms with Crippen LogP contribution in [0.2, 0.25) is 0 Å². The van der Waals surface area contributed by atoms with Gasteiger partial charge in [-0.15, -0.1) is 0 Å². The highest BCUT2D eigenvalue weighted by molar-refractivity contribution is 5.97. The van der Waals surface area contributed by atoms with Gasteiger partial charge in [0.15, 0.2) is 24.3 Å². The third kappa shape index (κ3) is 25.4. The summed E-state index contributed by atoms with van der Waals surface area (Å²) < 4.78 is 33.5. The molecule has 0 spiro atoms. The Bertz CT molecular complexity index is 1250. The number of esters is 3. The van der Waals surface area contributed by atoms with Crippen molar-refractivity contribution < 1.29 is 57.5 Å². The average Bonchev–Trinajstić information content (AvgIpc) is 3.70. The summed E-state index contributed by atoms with van der Waals surface area (Å²) in [5, 5.41) is 8.67. The molecule has 2 atom stereocenters. The van der Waals surface area contributed by atoms with Crippen LogP contribution in [-0.2, 0) is 47.6 Å². The molecule has 1 heterocycles. The standard InChI is InChI=1S/C48H78O12/c1-3-5-7-9-11-13-15-17-19-21-23-25-34-57-46(53)44-45(47(54)58-35-26-24-22-20-18-16-14-12-10-8-6-4-2)60-48(59-44)40-32-30-39(31-33-40)41(49)38-55-36-37-56-43(52)29-27-28-42(50)51/h30-33,44-45,48H,3-29,34-38H2,1-2H3,(H,50,51). The number of carbonyl (C=O) groups is 5. The Labute approximate surface area is 360 Å². The van der Waals surface area contributed by atoms with Gasteiger partial charge in [-0.2, -0.15) is 0 Å². The van der Waals surface area contributed by atoms with E-state index in [-0.39, 0.29) is 58.1 Å². The maximum atomic E-state index is 13.3. The van der Waals surface area contributed by atoms with E-state index in [1.165, 1.54) is 116 Å². The van der Waals surface area contributed by atoms with E-state index in [4.69, 9.17) is 33.5 Å². The normalized spacial score (nSPS) is 16.1. The first kappa shape index (κ1) is 52.8. The second kappa shape index (κ2) is 35.3. The first-order valence-corrected chi connectivity index (χ1v) is 23.5. The van der Waals surface area contributed by atoms with Crippen LogP contribution in [0.4, 0.5) is 0 Å². The lowest BCUT2D eigenvalue weighted by atomic mass is 10.1. The summed E-state index contributed by atoms with van der Waals surface area (Å²) in [6.07, 6.45) is 25.1. The summed E-state index contributed by atoms with van der Waals surface area (Å²) >= 11 is 0. The lowest BCUT2D eigenvalue weighted by Gasteiger charge is -2.15. The summed E-state index contributed by atoms with van der Waals surface area (Å²) in [4.78, 5) is 61.5. The van der Waals surface area contributed by atoms with Gasteiger partial charge in [0.25, 0.3) is 0 Å². The van der Waals surface area contributed by atoms with Crippen LogP contribution in [0.5, 0.6) is 0 Å². The number of Topliss-reactive ketones (excluding diaryl/α,β-unsaturated/α-hetero) is 1. The van der Waals surface area contributed by atoms with Crippen LogP contribution in [-0.4, -0.2) is 80.0 Å². The van der Waals surface area contributed by atoms with E-state index in [1.54, 1.807) is 24.3 Å². The molecule has 1 saturated heterocycles. The van der Waals surface area contributed by atoms with Crippen LogP contribution < -0.4 is 0 Å².